The minimum atomic E-state index is -4.48. The Morgan fingerprint density at radius 2 is 1.88 bits per heavy atom. The van der Waals surface area contributed by atoms with Gasteiger partial charge >= 0.3 is 6.18 Å². The van der Waals surface area contributed by atoms with Crippen molar-refractivity contribution in [2.24, 2.45) is 7.05 Å². The van der Waals surface area contributed by atoms with E-state index in [1.165, 1.54) is 38.4 Å². The van der Waals surface area contributed by atoms with Crippen LogP contribution in [0.15, 0.2) is 47.4 Å². The Kier molecular flexibility index (Phi) is 6.46. The molecule has 2 aromatic carbocycles. The van der Waals surface area contributed by atoms with Crippen molar-refractivity contribution >= 4 is 32.7 Å². The zero-order valence-electron chi connectivity index (χ0n) is 17.6. The standard InChI is InChI=1S/C20H22F3N5O3S/c1-27(2)32(30,31)15-7-8-17-16(12-15)24-18(28(17)3)9-10-19(29)26-25-14-6-4-5-13(11-14)20(21,22)23/h4-8,11-12,25H,9-10H2,1-3H3,(H,26,29). The van der Waals surface area contributed by atoms with Gasteiger partial charge in [0.05, 0.1) is 27.2 Å². The van der Waals surface area contributed by atoms with Crippen molar-refractivity contribution in [3.63, 3.8) is 0 Å². The minimum absolute atomic E-state index is 0.0198. The average molecular weight is 469 g/mol. The van der Waals surface area contributed by atoms with E-state index in [1.807, 2.05) is 0 Å². The summed E-state index contributed by atoms with van der Waals surface area (Å²) in [6, 6.07) is 9.09. The summed E-state index contributed by atoms with van der Waals surface area (Å²) >= 11 is 0. The Bertz CT molecular complexity index is 1250. The highest BCUT2D eigenvalue weighted by Gasteiger charge is 2.30. The van der Waals surface area contributed by atoms with Crippen molar-refractivity contribution in [2.45, 2.75) is 23.9 Å². The van der Waals surface area contributed by atoms with Gasteiger partial charge in [-0.3, -0.25) is 15.6 Å². The van der Waals surface area contributed by atoms with Crippen LogP contribution in [0.4, 0.5) is 18.9 Å². The number of halogens is 3. The third kappa shape index (κ3) is 5.02. The SMILES string of the molecule is CN(C)S(=O)(=O)c1ccc2c(c1)nc(CCC(=O)NNc1cccc(C(F)(F)F)c1)n2C. The summed E-state index contributed by atoms with van der Waals surface area (Å²) in [5.74, 6) is 0.124. The largest absolute Gasteiger partial charge is 0.416 e. The van der Waals surface area contributed by atoms with Gasteiger partial charge in [-0.05, 0) is 36.4 Å². The van der Waals surface area contributed by atoms with Gasteiger partial charge in [0.1, 0.15) is 5.82 Å². The van der Waals surface area contributed by atoms with Gasteiger partial charge < -0.3 is 4.57 Å². The van der Waals surface area contributed by atoms with E-state index in [1.54, 1.807) is 17.7 Å². The Hall–Kier alpha value is -3.12. The highest BCUT2D eigenvalue weighted by atomic mass is 32.2. The number of carbonyl (C=O) groups excluding carboxylic acids is 1. The van der Waals surface area contributed by atoms with Crippen LogP contribution < -0.4 is 10.9 Å². The molecule has 3 rings (SSSR count). The van der Waals surface area contributed by atoms with Crippen molar-refractivity contribution in [1.29, 1.82) is 0 Å². The summed E-state index contributed by atoms with van der Waals surface area (Å²) in [5.41, 5.74) is 5.30. The van der Waals surface area contributed by atoms with Gasteiger partial charge in [-0.25, -0.2) is 17.7 Å². The third-order valence-corrected chi connectivity index (χ3v) is 6.65. The molecule has 8 nitrogen and oxygen atoms in total. The van der Waals surface area contributed by atoms with E-state index in [2.05, 4.69) is 15.8 Å². The molecule has 0 unspecified atom stereocenters. The van der Waals surface area contributed by atoms with Crippen LogP contribution in [0.25, 0.3) is 11.0 Å². The maximum Gasteiger partial charge on any atom is 0.416 e. The highest BCUT2D eigenvalue weighted by molar-refractivity contribution is 7.89. The first-order chi connectivity index (χ1) is 14.9. The van der Waals surface area contributed by atoms with Gasteiger partial charge in [-0.1, -0.05) is 6.07 Å². The second-order valence-electron chi connectivity index (χ2n) is 7.28. The number of fused-ring (bicyclic) bond motifs is 1. The van der Waals surface area contributed by atoms with Gasteiger partial charge in [-0.15, -0.1) is 0 Å². The molecule has 0 fully saturated rings. The Morgan fingerprint density at radius 3 is 2.53 bits per heavy atom. The van der Waals surface area contributed by atoms with Crippen LogP contribution in [-0.2, 0) is 34.5 Å². The number of nitrogens with zero attached hydrogens (tertiary/aromatic N) is 3. The van der Waals surface area contributed by atoms with Gasteiger partial charge in [0.15, 0.2) is 0 Å². The first kappa shape index (κ1) is 23.5. The molecule has 0 bridgehead atoms. The molecule has 0 spiro atoms. The van der Waals surface area contributed by atoms with E-state index < -0.39 is 27.7 Å². The zero-order chi connectivity index (χ0) is 23.7. The molecule has 0 radical (unpaired) electrons. The molecule has 32 heavy (non-hydrogen) atoms. The molecule has 12 heteroatoms. The summed E-state index contributed by atoms with van der Waals surface area (Å²) in [6.07, 6.45) is -4.21. The van der Waals surface area contributed by atoms with Crippen LogP contribution in [0, 0.1) is 0 Å². The quantitative estimate of drug-likeness (QED) is 0.519. The molecular weight excluding hydrogens is 447 g/mol. The molecule has 2 N–H and O–H groups in total. The smallest absolute Gasteiger partial charge is 0.331 e. The molecule has 1 aromatic heterocycles. The van der Waals surface area contributed by atoms with Crippen molar-refractivity contribution in [3.8, 4) is 0 Å². The van der Waals surface area contributed by atoms with Crippen molar-refractivity contribution in [2.75, 3.05) is 19.5 Å². The van der Waals surface area contributed by atoms with Crippen molar-refractivity contribution < 1.29 is 26.4 Å². The number of aromatic nitrogens is 2. The van der Waals surface area contributed by atoms with Crippen LogP contribution in [0.2, 0.25) is 0 Å². The van der Waals surface area contributed by atoms with Crippen molar-refractivity contribution in [3.05, 3.63) is 53.9 Å². The number of imidazole rings is 1. The lowest BCUT2D eigenvalue weighted by Gasteiger charge is -2.11. The number of anilines is 1. The molecule has 0 saturated heterocycles. The number of carbonyl (C=O) groups is 1. The molecule has 0 atom stereocenters. The fraction of sp³-hybridized carbons (Fsp3) is 0.300. The lowest BCUT2D eigenvalue weighted by Crippen LogP contribution is -2.29. The number of hydrazine groups is 1. The number of rotatable bonds is 7. The Morgan fingerprint density at radius 1 is 1.16 bits per heavy atom. The van der Waals surface area contributed by atoms with E-state index in [0.717, 1.165) is 16.4 Å². The number of alkyl halides is 3. The molecule has 1 amide bonds. The lowest BCUT2D eigenvalue weighted by atomic mass is 10.2. The molecule has 0 aliphatic carbocycles. The van der Waals surface area contributed by atoms with Crippen LogP contribution >= 0.6 is 0 Å². The predicted molar refractivity (Wildman–Crippen MR) is 113 cm³/mol. The number of hydrogen-bond donors (Lipinski definition) is 2. The van der Waals surface area contributed by atoms with Crippen LogP contribution in [-0.4, -0.2) is 42.3 Å². The molecule has 3 aromatic rings. The number of aryl methyl sites for hydroxylation is 2. The second kappa shape index (κ2) is 8.79. The second-order valence-corrected chi connectivity index (χ2v) is 9.43. The Balaban J connectivity index is 1.66. The van der Waals surface area contributed by atoms with E-state index in [-0.39, 0.29) is 23.4 Å². The van der Waals surface area contributed by atoms with Gasteiger partial charge in [-0.2, -0.15) is 13.2 Å². The minimum Gasteiger partial charge on any atom is -0.331 e. The van der Waals surface area contributed by atoms with Crippen molar-refractivity contribution in [1.82, 2.24) is 19.3 Å². The fourth-order valence-corrected chi connectivity index (χ4v) is 3.95. The summed E-state index contributed by atoms with van der Waals surface area (Å²) in [6.45, 7) is 0. The summed E-state index contributed by atoms with van der Waals surface area (Å²) < 4.78 is 65.8. The van der Waals surface area contributed by atoms with Gasteiger partial charge in [0, 0.05) is 34.0 Å². The third-order valence-electron chi connectivity index (χ3n) is 4.84. The zero-order valence-corrected chi connectivity index (χ0v) is 18.4. The molecular formula is C20H22F3N5O3S. The van der Waals surface area contributed by atoms with E-state index >= 15 is 0 Å². The average Bonchev–Trinajstić information content (AvgIpc) is 3.05. The van der Waals surface area contributed by atoms with Crippen LogP contribution in [0.1, 0.15) is 17.8 Å². The fourth-order valence-electron chi connectivity index (χ4n) is 3.03. The molecule has 1 heterocycles. The number of benzene rings is 2. The molecule has 0 aliphatic heterocycles. The maximum atomic E-state index is 12.8. The maximum absolute atomic E-state index is 12.8. The summed E-state index contributed by atoms with van der Waals surface area (Å²) in [5, 5.41) is 0. The molecule has 0 saturated carbocycles. The molecule has 172 valence electrons. The number of amides is 1. The number of nitrogens with one attached hydrogen (secondary N) is 2. The lowest BCUT2D eigenvalue weighted by molar-refractivity contribution is -0.137. The monoisotopic (exact) mass is 469 g/mol. The van der Waals surface area contributed by atoms with Gasteiger partial charge in [0.25, 0.3) is 0 Å². The van der Waals surface area contributed by atoms with Crippen LogP contribution in [0.3, 0.4) is 0 Å². The van der Waals surface area contributed by atoms with E-state index in [9.17, 15) is 26.4 Å². The highest BCUT2D eigenvalue weighted by Crippen LogP contribution is 2.30. The van der Waals surface area contributed by atoms with E-state index in [0.29, 0.717) is 16.9 Å². The first-order valence-corrected chi connectivity index (χ1v) is 10.9. The normalized spacial score (nSPS) is 12.3. The van der Waals surface area contributed by atoms with Crippen LogP contribution in [0.5, 0.6) is 0 Å². The van der Waals surface area contributed by atoms with E-state index in [4.69, 9.17) is 0 Å². The number of hydrogen-bond acceptors (Lipinski definition) is 5. The molecule has 0 aliphatic rings. The predicted octanol–water partition coefficient (Wildman–Crippen LogP) is 2.92. The van der Waals surface area contributed by atoms with Gasteiger partial charge in [0.2, 0.25) is 15.9 Å². The summed E-state index contributed by atoms with van der Waals surface area (Å²) in [4.78, 5) is 16.7. The number of sulfonamides is 1. The topological polar surface area (TPSA) is 96.3 Å². The summed E-state index contributed by atoms with van der Waals surface area (Å²) in [7, 11) is 1.03. The Labute approximate surface area is 183 Å². The first-order valence-electron chi connectivity index (χ1n) is 9.49.